The van der Waals surface area contributed by atoms with E-state index in [1.807, 2.05) is 6.92 Å². The van der Waals surface area contributed by atoms with Gasteiger partial charge in [0, 0.05) is 23.9 Å². The number of amides is 1. The lowest BCUT2D eigenvalue weighted by molar-refractivity contribution is -0.116. The summed E-state index contributed by atoms with van der Waals surface area (Å²) in [6.07, 6.45) is 2.27. The Labute approximate surface area is 150 Å². The maximum absolute atomic E-state index is 13.9. The van der Waals surface area contributed by atoms with Gasteiger partial charge in [-0.1, -0.05) is 6.92 Å². The maximum Gasteiger partial charge on any atom is 0.264 e. The Morgan fingerprint density at radius 3 is 2.62 bits per heavy atom. The molecule has 0 saturated heterocycles. The molecule has 0 unspecified atom stereocenters. The van der Waals surface area contributed by atoms with Gasteiger partial charge in [-0.15, -0.1) is 0 Å². The number of rotatable bonds is 4. The number of carbonyl (C=O) groups excluding carboxylic acids is 1. The smallest absolute Gasteiger partial charge is 0.264 e. The first-order valence-corrected chi connectivity index (χ1v) is 9.72. The van der Waals surface area contributed by atoms with Crippen LogP contribution in [0.15, 0.2) is 35.2 Å². The minimum Gasteiger partial charge on any atom is -0.326 e. The molecule has 1 amide bonds. The lowest BCUT2D eigenvalue weighted by atomic mass is 10.0. The molecule has 2 aromatic rings. The molecule has 0 aromatic heterocycles. The highest BCUT2D eigenvalue weighted by Gasteiger charge is 2.22. The van der Waals surface area contributed by atoms with Gasteiger partial charge >= 0.3 is 0 Å². The van der Waals surface area contributed by atoms with Crippen LogP contribution in [0.5, 0.6) is 0 Å². The number of carbonyl (C=O) groups is 1. The van der Waals surface area contributed by atoms with Crippen molar-refractivity contribution in [3.63, 3.8) is 0 Å². The average molecular weight is 380 g/mol. The Hall–Kier alpha value is -2.48. The second-order valence-electron chi connectivity index (χ2n) is 6.11. The third kappa shape index (κ3) is 3.70. The number of anilines is 2. The molecule has 0 spiro atoms. The Morgan fingerprint density at radius 2 is 1.92 bits per heavy atom. The third-order valence-electron chi connectivity index (χ3n) is 4.23. The first-order chi connectivity index (χ1) is 12.3. The zero-order valence-corrected chi connectivity index (χ0v) is 14.9. The standard InChI is InChI=1S/C18H18F2N2O3S/c1-2-11-8-14(9-12-4-3-5-17(23)21-18(11)12)22-26(24,25)16-7-6-13(19)10-15(16)20/h6-10,22H,2-5H2,1H3,(H,21,23). The van der Waals surface area contributed by atoms with E-state index in [1.54, 1.807) is 12.1 Å². The summed E-state index contributed by atoms with van der Waals surface area (Å²) < 4.78 is 54.2. The molecule has 8 heteroatoms. The minimum atomic E-state index is -4.21. The predicted molar refractivity (Wildman–Crippen MR) is 94.6 cm³/mol. The molecule has 26 heavy (non-hydrogen) atoms. The molecule has 0 radical (unpaired) electrons. The zero-order chi connectivity index (χ0) is 18.9. The number of hydrogen-bond donors (Lipinski definition) is 2. The van der Waals surface area contributed by atoms with Gasteiger partial charge in [0.05, 0.1) is 0 Å². The third-order valence-corrected chi connectivity index (χ3v) is 5.65. The Balaban J connectivity index is 1.99. The maximum atomic E-state index is 13.9. The Kier molecular flexibility index (Phi) is 4.95. The number of nitrogens with one attached hydrogen (secondary N) is 2. The molecule has 0 fully saturated rings. The first kappa shape index (κ1) is 18.3. The predicted octanol–water partition coefficient (Wildman–Crippen LogP) is 3.60. The van der Waals surface area contributed by atoms with Gasteiger partial charge in [-0.05, 0) is 54.7 Å². The van der Waals surface area contributed by atoms with Gasteiger partial charge in [-0.3, -0.25) is 9.52 Å². The van der Waals surface area contributed by atoms with Crippen LogP contribution in [0.2, 0.25) is 0 Å². The summed E-state index contributed by atoms with van der Waals surface area (Å²) in [7, 11) is -4.21. The molecule has 1 aliphatic rings. The van der Waals surface area contributed by atoms with Crippen LogP contribution in [-0.2, 0) is 27.7 Å². The molecule has 2 aromatic carbocycles. The molecular weight excluding hydrogens is 362 g/mol. The molecule has 0 bridgehead atoms. The number of halogens is 2. The van der Waals surface area contributed by atoms with Crippen molar-refractivity contribution < 1.29 is 22.0 Å². The molecular formula is C18H18F2N2O3S. The van der Waals surface area contributed by atoms with Gasteiger partial charge in [0.1, 0.15) is 16.5 Å². The molecule has 5 nitrogen and oxygen atoms in total. The number of benzene rings is 2. The van der Waals surface area contributed by atoms with Crippen LogP contribution in [0.3, 0.4) is 0 Å². The number of hydrogen-bond acceptors (Lipinski definition) is 3. The van der Waals surface area contributed by atoms with Crippen LogP contribution in [0, 0.1) is 11.6 Å². The summed E-state index contributed by atoms with van der Waals surface area (Å²) in [6, 6.07) is 5.56. The summed E-state index contributed by atoms with van der Waals surface area (Å²) in [5.41, 5.74) is 2.61. The van der Waals surface area contributed by atoms with Crippen molar-refractivity contribution in [2.45, 2.75) is 37.5 Å². The molecule has 1 heterocycles. The fourth-order valence-electron chi connectivity index (χ4n) is 3.01. The molecule has 0 atom stereocenters. The van der Waals surface area contributed by atoms with E-state index >= 15 is 0 Å². The van der Waals surface area contributed by atoms with Gasteiger partial charge in [0.25, 0.3) is 10.0 Å². The van der Waals surface area contributed by atoms with E-state index in [0.717, 1.165) is 23.3 Å². The SMILES string of the molecule is CCc1cc(NS(=O)(=O)c2ccc(F)cc2F)cc2c1NC(=O)CCC2. The van der Waals surface area contributed by atoms with Crippen LogP contribution >= 0.6 is 0 Å². The first-order valence-electron chi connectivity index (χ1n) is 8.23. The van der Waals surface area contributed by atoms with E-state index in [1.165, 1.54) is 0 Å². The van der Waals surface area contributed by atoms with E-state index in [4.69, 9.17) is 0 Å². The summed E-state index contributed by atoms with van der Waals surface area (Å²) in [5.74, 6) is -2.08. The van der Waals surface area contributed by atoms with Crippen molar-refractivity contribution in [1.29, 1.82) is 0 Å². The van der Waals surface area contributed by atoms with E-state index in [9.17, 15) is 22.0 Å². The quantitative estimate of drug-likeness (QED) is 0.851. The van der Waals surface area contributed by atoms with Gasteiger partial charge in [0.15, 0.2) is 0 Å². The van der Waals surface area contributed by atoms with Gasteiger partial charge in [-0.25, -0.2) is 17.2 Å². The van der Waals surface area contributed by atoms with Crippen molar-refractivity contribution in [2.75, 3.05) is 10.0 Å². The van der Waals surface area contributed by atoms with Crippen LogP contribution in [0.4, 0.5) is 20.2 Å². The van der Waals surface area contributed by atoms with Crippen molar-refractivity contribution in [3.05, 3.63) is 53.1 Å². The lowest BCUT2D eigenvalue weighted by Gasteiger charge is -2.16. The largest absolute Gasteiger partial charge is 0.326 e. The highest BCUT2D eigenvalue weighted by molar-refractivity contribution is 7.92. The molecule has 138 valence electrons. The van der Waals surface area contributed by atoms with Crippen LogP contribution < -0.4 is 10.0 Å². The average Bonchev–Trinajstić information content (AvgIpc) is 2.74. The molecule has 3 rings (SSSR count). The highest BCUT2D eigenvalue weighted by atomic mass is 32.2. The van der Waals surface area contributed by atoms with E-state index < -0.39 is 26.6 Å². The molecule has 2 N–H and O–H groups in total. The van der Waals surface area contributed by atoms with E-state index in [2.05, 4.69) is 10.0 Å². The summed E-state index contributed by atoms with van der Waals surface area (Å²) >= 11 is 0. The van der Waals surface area contributed by atoms with Crippen molar-refractivity contribution in [3.8, 4) is 0 Å². The fraction of sp³-hybridized carbons (Fsp3) is 0.278. The second kappa shape index (κ2) is 7.03. The minimum absolute atomic E-state index is 0.0693. The summed E-state index contributed by atoms with van der Waals surface area (Å²) in [6.45, 7) is 1.89. The number of sulfonamides is 1. The second-order valence-corrected chi connectivity index (χ2v) is 7.76. The Bertz CT molecular complexity index is 975. The van der Waals surface area contributed by atoms with Crippen molar-refractivity contribution in [1.82, 2.24) is 0 Å². The highest BCUT2D eigenvalue weighted by Crippen LogP contribution is 2.31. The van der Waals surface area contributed by atoms with Crippen molar-refractivity contribution in [2.24, 2.45) is 0 Å². The van der Waals surface area contributed by atoms with Crippen LogP contribution in [-0.4, -0.2) is 14.3 Å². The monoisotopic (exact) mass is 380 g/mol. The Morgan fingerprint density at radius 1 is 1.15 bits per heavy atom. The van der Waals surface area contributed by atoms with Gasteiger partial charge < -0.3 is 5.32 Å². The number of aryl methyl sites for hydroxylation is 2. The topological polar surface area (TPSA) is 75.3 Å². The summed E-state index contributed by atoms with van der Waals surface area (Å²) in [4.78, 5) is 11.2. The van der Waals surface area contributed by atoms with E-state index in [0.29, 0.717) is 37.4 Å². The fourth-order valence-corrected chi connectivity index (χ4v) is 4.11. The van der Waals surface area contributed by atoms with Crippen LogP contribution in [0.25, 0.3) is 0 Å². The summed E-state index contributed by atoms with van der Waals surface area (Å²) in [5, 5.41) is 2.86. The lowest BCUT2D eigenvalue weighted by Crippen LogP contribution is -2.16. The van der Waals surface area contributed by atoms with Crippen molar-refractivity contribution >= 4 is 27.3 Å². The van der Waals surface area contributed by atoms with Gasteiger partial charge in [-0.2, -0.15) is 0 Å². The normalized spacial score (nSPS) is 14.3. The van der Waals surface area contributed by atoms with Crippen LogP contribution in [0.1, 0.15) is 30.9 Å². The zero-order valence-electron chi connectivity index (χ0n) is 14.1. The molecule has 0 aliphatic carbocycles. The molecule has 1 aliphatic heterocycles. The van der Waals surface area contributed by atoms with E-state index in [-0.39, 0.29) is 11.6 Å². The number of fused-ring (bicyclic) bond motifs is 1. The van der Waals surface area contributed by atoms with Gasteiger partial charge in [0.2, 0.25) is 5.91 Å². The molecule has 0 saturated carbocycles.